The second kappa shape index (κ2) is 8.29. The van der Waals surface area contributed by atoms with Crippen molar-refractivity contribution in [2.24, 2.45) is 5.92 Å². The Labute approximate surface area is 135 Å². The van der Waals surface area contributed by atoms with Gasteiger partial charge in [0, 0.05) is 17.4 Å². The molecular weight excluding hydrogens is 328 g/mol. The highest BCUT2D eigenvalue weighted by Crippen LogP contribution is 2.17. The molecule has 0 saturated heterocycles. The molecule has 1 aromatic heterocycles. The first-order chi connectivity index (χ1) is 10.2. The van der Waals surface area contributed by atoms with Crippen LogP contribution in [0.3, 0.4) is 0 Å². The van der Waals surface area contributed by atoms with Crippen LogP contribution in [0.25, 0.3) is 0 Å². The minimum atomic E-state index is 0.518. The van der Waals surface area contributed by atoms with Gasteiger partial charge in [-0.2, -0.15) is 5.10 Å². The standard InChI is InChI=1S/C16H23BrN4/c1-3-7-21-16(19-12-20-21)10-14(11-18-2)8-13-5-4-6-15(17)9-13/h4-6,9,12,14,18H,3,7-8,10-11H2,1-2H3. The third-order valence-corrected chi connectivity index (χ3v) is 4.00. The second-order valence-corrected chi connectivity index (χ2v) is 6.28. The fourth-order valence-electron chi connectivity index (χ4n) is 2.61. The van der Waals surface area contributed by atoms with Crippen LogP contribution in [0.5, 0.6) is 0 Å². The molecule has 0 aliphatic rings. The van der Waals surface area contributed by atoms with Crippen molar-refractivity contribution in [1.82, 2.24) is 20.1 Å². The molecule has 1 N–H and O–H groups in total. The number of hydrogen-bond acceptors (Lipinski definition) is 3. The van der Waals surface area contributed by atoms with Gasteiger partial charge in [-0.3, -0.25) is 4.68 Å². The van der Waals surface area contributed by atoms with Crippen molar-refractivity contribution in [3.8, 4) is 0 Å². The van der Waals surface area contributed by atoms with Crippen molar-refractivity contribution in [1.29, 1.82) is 0 Å². The molecule has 1 aromatic carbocycles. The number of nitrogens with zero attached hydrogens (tertiary/aromatic N) is 3. The van der Waals surface area contributed by atoms with E-state index in [1.54, 1.807) is 6.33 Å². The van der Waals surface area contributed by atoms with Crippen molar-refractivity contribution in [2.45, 2.75) is 32.7 Å². The first kappa shape index (κ1) is 16.2. The monoisotopic (exact) mass is 350 g/mol. The number of hydrogen-bond donors (Lipinski definition) is 1. The normalized spacial score (nSPS) is 12.5. The highest BCUT2D eigenvalue weighted by Gasteiger charge is 2.14. The van der Waals surface area contributed by atoms with Gasteiger partial charge in [0.1, 0.15) is 12.2 Å². The summed E-state index contributed by atoms with van der Waals surface area (Å²) < 4.78 is 3.17. The van der Waals surface area contributed by atoms with E-state index in [1.165, 1.54) is 5.56 Å². The molecule has 1 heterocycles. The summed E-state index contributed by atoms with van der Waals surface area (Å²) in [6.07, 6.45) is 4.74. The molecule has 21 heavy (non-hydrogen) atoms. The fourth-order valence-corrected chi connectivity index (χ4v) is 3.05. The Morgan fingerprint density at radius 3 is 2.90 bits per heavy atom. The van der Waals surface area contributed by atoms with Crippen LogP contribution in [0.4, 0.5) is 0 Å². The lowest BCUT2D eigenvalue weighted by Crippen LogP contribution is -2.24. The fraction of sp³-hybridized carbons (Fsp3) is 0.500. The van der Waals surface area contributed by atoms with Gasteiger partial charge in [0.05, 0.1) is 0 Å². The lowest BCUT2D eigenvalue weighted by atomic mass is 9.95. The van der Waals surface area contributed by atoms with E-state index < -0.39 is 0 Å². The lowest BCUT2D eigenvalue weighted by molar-refractivity contribution is 0.458. The third-order valence-electron chi connectivity index (χ3n) is 3.51. The zero-order valence-corrected chi connectivity index (χ0v) is 14.3. The summed E-state index contributed by atoms with van der Waals surface area (Å²) in [7, 11) is 2.00. The molecule has 4 nitrogen and oxygen atoms in total. The van der Waals surface area contributed by atoms with Gasteiger partial charge in [0.25, 0.3) is 0 Å². The van der Waals surface area contributed by atoms with Crippen LogP contribution in [-0.4, -0.2) is 28.4 Å². The molecule has 0 fully saturated rings. The first-order valence-electron chi connectivity index (χ1n) is 7.48. The first-order valence-corrected chi connectivity index (χ1v) is 8.28. The van der Waals surface area contributed by atoms with Gasteiger partial charge in [-0.15, -0.1) is 0 Å². The van der Waals surface area contributed by atoms with Crippen molar-refractivity contribution in [3.63, 3.8) is 0 Å². The summed E-state index contributed by atoms with van der Waals surface area (Å²) in [5.41, 5.74) is 1.35. The Morgan fingerprint density at radius 1 is 1.33 bits per heavy atom. The number of rotatable bonds is 8. The van der Waals surface area contributed by atoms with Crippen LogP contribution in [0, 0.1) is 5.92 Å². The predicted octanol–water partition coefficient (Wildman–Crippen LogP) is 3.07. The number of benzene rings is 1. The Hall–Kier alpha value is -1.20. The van der Waals surface area contributed by atoms with E-state index in [4.69, 9.17) is 0 Å². The molecule has 0 spiro atoms. The minimum Gasteiger partial charge on any atom is -0.319 e. The molecule has 0 saturated carbocycles. The molecular formula is C16H23BrN4. The third kappa shape index (κ3) is 4.93. The molecule has 2 rings (SSSR count). The number of aryl methyl sites for hydroxylation is 1. The average Bonchev–Trinajstić information content (AvgIpc) is 2.87. The maximum atomic E-state index is 4.43. The molecule has 0 radical (unpaired) electrons. The van der Waals surface area contributed by atoms with Gasteiger partial charge < -0.3 is 5.32 Å². The van der Waals surface area contributed by atoms with E-state index in [9.17, 15) is 0 Å². The summed E-state index contributed by atoms with van der Waals surface area (Å²) in [4.78, 5) is 4.43. The van der Waals surface area contributed by atoms with E-state index in [0.717, 1.165) is 42.6 Å². The molecule has 1 unspecified atom stereocenters. The van der Waals surface area contributed by atoms with Gasteiger partial charge in [0.15, 0.2) is 0 Å². The Morgan fingerprint density at radius 2 is 2.19 bits per heavy atom. The summed E-state index contributed by atoms with van der Waals surface area (Å²) in [6.45, 7) is 4.09. The minimum absolute atomic E-state index is 0.518. The van der Waals surface area contributed by atoms with E-state index in [0.29, 0.717) is 5.92 Å². The number of nitrogens with one attached hydrogen (secondary N) is 1. The number of aromatic nitrogens is 3. The van der Waals surface area contributed by atoms with Gasteiger partial charge in [-0.05, 0) is 50.0 Å². The SMILES string of the molecule is CCCn1ncnc1CC(CNC)Cc1cccc(Br)c1. The van der Waals surface area contributed by atoms with Gasteiger partial charge in [-0.25, -0.2) is 4.98 Å². The highest BCUT2D eigenvalue weighted by molar-refractivity contribution is 9.10. The zero-order chi connectivity index (χ0) is 15.1. The van der Waals surface area contributed by atoms with Crippen molar-refractivity contribution in [2.75, 3.05) is 13.6 Å². The number of halogens is 1. The molecule has 2 aromatic rings. The molecule has 0 bridgehead atoms. The Bertz CT molecular complexity index is 553. The molecule has 5 heteroatoms. The van der Waals surface area contributed by atoms with Gasteiger partial charge in [0.2, 0.25) is 0 Å². The average molecular weight is 351 g/mol. The predicted molar refractivity (Wildman–Crippen MR) is 89.3 cm³/mol. The summed E-state index contributed by atoms with van der Waals surface area (Å²) in [5, 5.41) is 7.62. The maximum Gasteiger partial charge on any atom is 0.138 e. The maximum absolute atomic E-state index is 4.43. The van der Waals surface area contributed by atoms with E-state index in [2.05, 4.69) is 62.5 Å². The van der Waals surface area contributed by atoms with Crippen molar-refractivity contribution >= 4 is 15.9 Å². The van der Waals surface area contributed by atoms with Crippen LogP contribution >= 0.6 is 15.9 Å². The smallest absolute Gasteiger partial charge is 0.138 e. The molecule has 0 aliphatic heterocycles. The van der Waals surface area contributed by atoms with E-state index in [1.807, 2.05) is 11.7 Å². The van der Waals surface area contributed by atoms with E-state index in [-0.39, 0.29) is 0 Å². The van der Waals surface area contributed by atoms with Crippen LogP contribution in [-0.2, 0) is 19.4 Å². The molecule has 114 valence electrons. The Balaban J connectivity index is 2.06. The van der Waals surface area contributed by atoms with Gasteiger partial charge >= 0.3 is 0 Å². The summed E-state index contributed by atoms with van der Waals surface area (Å²) in [6, 6.07) is 8.54. The van der Waals surface area contributed by atoms with Crippen LogP contribution < -0.4 is 5.32 Å². The van der Waals surface area contributed by atoms with Crippen LogP contribution in [0.2, 0.25) is 0 Å². The largest absolute Gasteiger partial charge is 0.319 e. The van der Waals surface area contributed by atoms with Crippen LogP contribution in [0.1, 0.15) is 24.7 Å². The van der Waals surface area contributed by atoms with E-state index >= 15 is 0 Å². The highest BCUT2D eigenvalue weighted by atomic mass is 79.9. The quantitative estimate of drug-likeness (QED) is 0.795. The second-order valence-electron chi connectivity index (χ2n) is 5.36. The molecule has 1 atom stereocenters. The van der Waals surface area contributed by atoms with Crippen LogP contribution in [0.15, 0.2) is 35.1 Å². The zero-order valence-electron chi connectivity index (χ0n) is 12.7. The topological polar surface area (TPSA) is 42.7 Å². The molecule has 0 amide bonds. The lowest BCUT2D eigenvalue weighted by Gasteiger charge is -2.17. The summed E-state index contributed by atoms with van der Waals surface area (Å²) >= 11 is 3.54. The van der Waals surface area contributed by atoms with Gasteiger partial charge in [-0.1, -0.05) is 35.0 Å². The summed E-state index contributed by atoms with van der Waals surface area (Å²) in [5.74, 6) is 1.61. The molecule has 0 aliphatic carbocycles. The van der Waals surface area contributed by atoms with Crippen molar-refractivity contribution in [3.05, 3.63) is 46.5 Å². The van der Waals surface area contributed by atoms with Crippen molar-refractivity contribution < 1.29 is 0 Å². The Kier molecular flexibility index (Phi) is 6.39.